The quantitative estimate of drug-likeness (QED) is 0.383. The Labute approximate surface area is 212 Å². The molecule has 0 bridgehead atoms. The summed E-state index contributed by atoms with van der Waals surface area (Å²) in [5.74, 6) is 1.71. The Morgan fingerprint density at radius 1 is 0.857 bits per heavy atom. The minimum atomic E-state index is -0.00762. The van der Waals surface area contributed by atoms with Gasteiger partial charge in [-0.3, -0.25) is 4.90 Å². The molecule has 1 unspecified atom stereocenters. The summed E-state index contributed by atoms with van der Waals surface area (Å²) < 4.78 is 7.22. The molecule has 7 nitrogen and oxygen atoms in total. The number of ether oxygens (including phenoxy) is 1. The van der Waals surface area contributed by atoms with Crippen molar-refractivity contribution in [3.05, 3.63) is 101 Å². The normalized spacial score (nSPS) is 14.9. The number of halogens is 1. The summed E-state index contributed by atoms with van der Waals surface area (Å²) in [6.45, 7) is 6.52. The molecule has 2 heterocycles. The first-order chi connectivity index (χ1) is 16.7. The second kappa shape index (κ2) is 11.3. The van der Waals surface area contributed by atoms with Gasteiger partial charge in [0.1, 0.15) is 5.75 Å². The van der Waals surface area contributed by atoms with Gasteiger partial charge in [0.15, 0.2) is 5.82 Å². The molecular formula is C27H31ClN6O. The van der Waals surface area contributed by atoms with Gasteiger partial charge in [-0.2, -0.15) is 0 Å². The van der Waals surface area contributed by atoms with E-state index in [0.717, 1.165) is 43.3 Å². The summed E-state index contributed by atoms with van der Waals surface area (Å²) in [5, 5.41) is 13.0. The minimum absolute atomic E-state index is 0. The van der Waals surface area contributed by atoms with Gasteiger partial charge in [-0.05, 0) is 52.7 Å². The van der Waals surface area contributed by atoms with Crippen LogP contribution in [0, 0.1) is 6.92 Å². The van der Waals surface area contributed by atoms with Gasteiger partial charge < -0.3 is 9.64 Å². The number of methoxy groups -OCH3 is 1. The number of anilines is 1. The average molecular weight is 491 g/mol. The van der Waals surface area contributed by atoms with E-state index in [1.165, 1.54) is 16.8 Å². The lowest BCUT2D eigenvalue weighted by atomic mass is 10.0. The van der Waals surface area contributed by atoms with Crippen LogP contribution < -0.4 is 9.64 Å². The molecule has 8 heteroatoms. The molecule has 3 aromatic carbocycles. The Bertz CT molecular complexity index is 1190. The molecule has 0 aliphatic carbocycles. The topological polar surface area (TPSA) is 59.3 Å². The van der Waals surface area contributed by atoms with E-state index in [0.29, 0.717) is 6.54 Å². The Kier molecular flexibility index (Phi) is 8.00. The van der Waals surface area contributed by atoms with Gasteiger partial charge in [-0.1, -0.05) is 60.2 Å². The van der Waals surface area contributed by atoms with E-state index in [1.807, 2.05) is 16.8 Å². The highest BCUT2D eigenvalue weighted by atomic mass is 35.5. The summed E-state index contributed by atoms with van der Waals surface area (Å²) in [7, 11) is 1.68. The Balaban J connectivity index is 0.00000289. The molecule has 1 fully saturated rings. The smallest absolute Gasteiger partial charge is 0.173 e. The van der Waals surface area contributed by atoms with E-state index in [9.17, 15) is 0 Å². The van der Waals surface area contributed by atoms with E-state index < -0.39 is 0 Å². The number of nitrogens with zero attached hydrogens (tertiary/aromatic N) is 6. The van der Waals surface area contributed by atoms with Crippen molar-refractivity contribution in [1.29, 1.82) is 0 Å². The van der Waals surface area contributed by atoms with Crippen molar-refractivity contribution < 1.29 is 4.74 Å². The van der Waals surface area contributed by atoms with Crippen molar-refractivity contribution in [3.63, 3.8) is 0 Å². The first-order valence-electron chi connectivity index (χ1n) is 11.7. The lowest BCUT2D eigenvalue weighted by Gasteiger charge is -2.40. The van der Waals surface area contributed by atoms with Crippen LogP contribution in [0.15, 0.2) is 78.9 Å². The largest absolute Gasteiger partial charge is 0.497 e. The maximum absolute atomic E-state index is 5.30. The molecule has 0 amide bonds. The van der Waals surface area contributed by atoms with Gasteiger partial charge in [-0.25, -0.2) is 4.68 Å². The van der Waals surface area contributed by atoms with Gasteiger partial charge in [0.2, 0.25) is 0 Å². The highest BCUT2D eigenvalue weighted by Gasteiger charge is 2.30. The fourth-order valence-electron chi connectivity index (χ4n) is 4.57. The molecule has 1 aromatic heterocycles. The fraction of sp³-hybridized carbons (Fsp3) is 0.296. The van der Waals surface area contributed by atoms with Crippen LogP contribution in [0.2, 0.25) is 0 Å². The van der Waals surface area contributed by atoms with Crippen molar-refractivity contribution in [1.82, 2.24) is 25.1 Å². The van der Waals surface area contributed by atoms with Crippen LogP contribution in [0.3, 0.4) is 0 Å². The maximum atomic E-state index is 5.30. The number of hydrogen-bond donors (Lipinski definition) is 0. The van der Waals surface area contributed by atoms with Crippen LogP contribution >= 0.6 is 12.4 Å². The van der Waals surface area contributed by atoms with Crippen molar-refractivity contribution in [2.45, 2.75) is 19.5 Å². The Morgan fingerprint density at radius 3 is 2.20 bits per heavy atom. The van der Waals surface area contributed by atoms with E-state index >= 15 is 0 Å². The van der Waals surface area contributed by atoms with E-state index in [1.54, 1.807) is 7.11 Å². The van der Waals surface area contributed by atoms with Crippen molar-refractivity contribution >= 4 is 18.1 Å². The molecule has 1 atom stereocenters. The van der Waals surface area contributed by atoms with Crippen LogP contribution in [0.1, 0.15) is 28.6 Å². The molecule has 35 heavy (non-hydrogen) atoms. The average Bonchev–Trinajstić information content (AvgIpc) is 3.34. The molecule has 182 valence electrons. The van der Waals surface area contributed by atoms with Crippen molar-refractivity contribution in [2.24, 2.45) is 0 Å². The van der Waals surface area contributed by atoms with Crippen LogP contribution in [-0.2, 0) is 6.54 Å². The van der Waals surface area contributed by atoms with Gasteiger partial charge in [0, 0.05) is 31.9 Å². The Hall–Kier alpha value is -3.42. The zero-order valence-corrected chi connectivity index (χ0v) is 20.9. The molecule has 0 radical (unpaired) electrons. The molecule has 4 aromatic rings. The zero-order chi connectivity index (χ0) is 23.3. The van der Waals surface area contributed by atoms with Crippen molar-refractivity contribution in [2.75, 3.05) is 38.2 Å². The minimum Gasteiger partial charge on any atom is -0.497 e. The number of piperazine rings is 1. The number of aromatic nitrogens is 4. The number of para-hydroxylation sites is 1. The van der Waals surface area contributed by atoms with Crippen LogP contribution in [0.5, 0.6) is 5.75 Å². The zero-order valence-electron chi connectivity index (χ0n) is 20.1. The van der Waals surface area contributed by atoms with Gasteiger partial charge >= 0.3 is 0 Å². The third kappa shape index (κ3) is 5.63. The number of benzene rings is 3. The first-order valence-corrected chi connectivity index (χ1v) is 11.7. The summed E-state index contributed by atoms with van der Waals surface area (Å²) >= 11 is 0. The van der Waals surface area contributed by atoms with Gasteiger partial charge in [0.05, 0.1) is 19.7 Å². The van der Waals surface area contributed by atoms with E-state index in [4.69, 9.17) is 4.74 Å². The number of aryl methyl sites for hydroxylation is 1. The number of rotatable bonds is 7. The SMILES string of the molecule is COc1ccc(Cn2nnnc2C(c2ccc(C)cc2)N2CCN(c3ccccc3)CC2)cc1.Cl. The molecule has 1 aliphatic heterocycles. The van der Waals surface area contributed by atoms with Gasteiger partial charge in [0.25, 0.3) is 0 Å². The van der Waals surface area contributed by atoms with Crippen LogP contribution in [0.4, 0.5) is 5.69 Å². The number of tetrazole rings is 1. The summed E-state index contributed by atoms with van der Waals surface area (Å²) in [6, 6.07) is 27.4. The molecule has 1 saturated heterocycles. The van der Waals surface area contributed by atoms with Crippen LogP contribution in [0.25, 0.3) is 0 Å². The number of hydrogen-bond acceptors (Lipinski definition) is 6. The summed E-state index contributed by atoms with van der Waals surface area (Å²) in [6.07, 6.45) is 0. The Morgan fingerprint density at radius 2 is 1.54 bits per heavy atom. The molecule has 1 aliphatic rings. The highest BCUT2D eigenvalue weighted by Crippen LogP contribution is 2.29. The maximum Gasteiger partial charge on any atom is 0.173 e. The standard InChI is InChI=1S/C27H30N6O.ClH/c1-21-8-12-23(13-9-21)26(32-18-16-31(17-19-32)24-6-4-3-5-7-24)27-28-29-30-33(27)20-22-10-14-25(34-2)15-11-22;/h3-15,26H,16-20H2,1-2H3;1H. The monoisotopic (exact) mass is 490 g/mol. The molecule has 0 spiro atoms. The fourth-order valence-corrected chi connectivity index (χ4v) is 4.57. The second-order valence-electron chi connectivity index (χ2n) is 8.71. The highest BCUT2D eigenvalue weighted by molar-refractivity contribution is 5.85. The summed E-state index contributed by atoms with van der Waals surface area (Å²) in [5.41, 5.74) is 4.86. The first kappa shape index (κ1) is 24.7. The molecular weight excluding hydrogens is 460 g/mol. The van der Waals surface area contributed by atoms with Gasteiger partial charge in [-0.15, -0.1) is 17.5 Å². The third-order valence-electron chi connectivity index (χ3n) is 6.49. The molecule has 5 rings (SSSR count). The predicted molar refractivity (Wildman–Crippen MR) is 140 cm³/mol. The van der Waals surface area contributed by atoms with E-state index in [-0.39, 0.29) is 18.4 Å². The molecule has 0 N–H and O–H groups in total. The predicted octanol–water partition coefficient (Wildman–Crippen LogP) is 4.37. The summed E-state index contributed by atoms with van der Waals surface area (Å²) in [4.78, 5) is 4.95. The van der Waals surface area contributed by atoms with E-state index in [2.05, 4.69) is 99.0 Å². The molecule has 0 saturated carbocycles. The lowest BCUT2D eigenvalue weighted by Crippen LogP contribution is -2.48. The van der Waals surface area contributed by atoms with Crippen molar-refractivity contribution in [3.8, 4) is 5.75 Å². The third-order valence-corrected chi connectivity index (χ3v) is 6.49. The lowest BCUT2D eigenvalue weighted by molar-refractivity contribution is 0.201. The second-order valence-corrected chi connectivity index (χ2v) is 8.71. The van der Waals surface area contributed by atoms with Crippen LogP contribution in [-0.4, -0.2) is 58.4 Å².